The number of aliphatic imine (C=N–C) groups is 1. The fourth-order valence-electron chi connectivity index (χ4n) is 3.93. The maximum Gasteiger partial charge on any atom is 0.194 e. The van der Waals surface area contributed by atoms with Crippen molar-refractivity contribution in [1.82, 2.24) is 15.1 Å². The lowest BCUT2D eigenvalue weighted by Crippen LogP contribution is -2.41. The van der Waals surface area contributed by atoms with E-state index >= 15 is 0 Å². The van der Waals surface area contributed by atoms with Gasteiger partial charge in [-0.25, -0.2) is 13.8 Å². The molecule has 2 aliphatic heterocycles. The largest absolute Gasteiger partial charge is 0.357 e. The first-order valence-electron chi connectivity index (χ1n) is 9.85. The molecule has 1 atom stereocenters. The molecule has 2 fully saturated rings. The quantitative estimate of drug-likeness (QED) is 0.385. The Morgan fingerprint density at radius 3 is 2.70 bits per heavy atom. The number of rotatable bonds is 5. The Morgan fingerprint density at radius 2 is 1.96 bits per heavy atom. The number of piperidine rings is 1. The zero-order valence-corrected chi connectivity index (χ0v) is 18.4. The molecule has 27 heavy (non-hydrogen) atoms. The summed E-state index contributed by atoms with van der Waals surface area (Å²) < 4.78 is 27.2. The van der Waals surface area contributed by atoms with Crippen LogP contribution in [0, 0.1) is 17.6 Å². The Bertz CT molecular complexity index is 620. The lowest BCUT2D eigenvalue weighted by atomic mass is 10.1. The van der Waals surface area contributed by atoms with Crippen molar-refractivity contribution in [2.45, 2.75) is 39.2 Å². The van der Waals surface area contributed by atoms with Crippen LogP contribution in [0.5, 0.6) is 0 Å². The van der Waals surface area contributed by atoms with Crippen LogP contribution in [-0.4, -0.2) is 55.0 Å². The fraction of sp³-hybridized carbons (Fsp3) is 0.650. The second-order valence-electron chi connectivity index (χ2n) is 7.37. The normalized spacial score (nSPS) is 21.2. The molecule has 1 aromatic rings. The van der Waals surface area contributed by atoms with E-state index in [0.717, 1.165) is 50.7 Å². The van der Waals surface area contributed by atoms with E-state index in [9.17, 15) is 8.78 Å². The maximum absolute atomic E-state index is 13.8. The Balaban J connectivity index is 0.00000261. The average molecular weight is 492 g/mol. The van der Waals surface area contributed by atoms with E-state index in [1.54, 1.807) is 0 Å². The maximum atomic E-state index is 13.8. The summed E-state index contributed by atoms with van der Waals surface area (Å²) in [6.07, 6.45) is 5.16. The van der Waals surface area contributed by atoms with Crippen molar-refractivity contribution in [2.24, 2.45) is 10.9 Å². The molecule has 152 valence electrons. The molecule has 3 rings (SSSR count). The van der Waals surface area contributed by atoms with Crippen molar-refractivity contribution < 1.29 is 8.78 Å². The van der Waals surface area contributed by atoms with Gasteiger partial charge in [-0.2, -0.15) is 0 Å². The zero-order valence-electron chi connectivity index (χ0n) is 16.1. The van der Waals surface area contributed by atoms with Crippen LogP contribution in [0.15, 0.2) is 23.2 Å². The number of guanidine groups is 1. The van der Waals surface area contributed by atoms with Gasteiger partial charge in [0.15, 0.2) is 5.96 Å². The Kier molecular flexibility index (Phi) is 9.21. The molecule has 1 N–H and O–H groups in total. The summed E-state index contributed by atoms with van der Waals surface area (Å²) >= 11 is 0. The lowest BCUT2D eigenvalue weighted by molar-refractivity contribution is 0.198. The molecule has 0 amide bonds. The molecule has 0 saturated carbocycles. The molecular weight excluding hydrogens is 461 g/mol. The topological polar surface area (TPSA) is 30.9 Å². The molecule has 7 heteroatoms. The zero-order chi connectivity index (χ0) is 18.4. The van der Waals surface area contributed by atoms with Gasteiger partial charge in [0.05, 0.1) is 6.54 Å². The van der Waals surface area contributed by atoms with Crippen LogP contribution in [0.4, 0.5) is 8.78 Å². The standard InChI is InChI=1S/C20H30F2N4.HI/c1-2-23-20(24-13-17-12-18(21)6-7-19(17)22)26-11-8-16(15-26)14-25-9-4-3-5-10-25;/h6-7,12,16H,2-5,8-11,13-15H2,1H3,(H,23,24);1H. The van der Waals surface area contributed by atoms with Crippen molar-refractivity contribution in [3.63, 3.8) is 0 Å². The molecule has 2 heterocycles. The Labute approximate surface area is 178 Å². The van der Waals surface area contributed by atoms with Gasteiger partial charge in [-0.05, 0) is 63.4 Å². The second kappa shape index (κ2) is 11.1. The number of halogens is 3. The number of nitrogens with one attached hydrogen (secondary N) is 1. The van der Waals surface area contributed by atoms with E-state index in [2.05, 4.69) is 20.1 Å². The van der Waals surface area contributed by atoms with Gasteiger partial charge in [-0.3, -0.25) is 0 Å². The molecule has 0 aromatic heterocycles. The summed E-state index contributed by atoms with van der Waals surface area (Å²) in [6, 6.07) is 3.53. The fourth-order valence-corrected chi connectivity index (χ4v) is 3.93. The van der Waals surface area contributed by atoms with E-state index in [0.29, 0.717) is 11.5 Å². The van der Waals surface area contributed by atoms with Crippen LogP contribution in [0.1, 0.15) is 38.2 Å². The summed E-state index contributed by atoms with van der Waals surface area (Å²) in [5.74, 6) is 0.625. The number of benzene rings is 1. The molecule has 0 aliphatic carbocycles. The second-order valence-corrected chi connectivity index (χ2v) is 7.37. The van der Waals surface area contributed by atoms with Crippen LogP contribution in [0.25, 0.3) is 0 Å². The van der Waals surface area contributed by atoms with Gasteiger partial charge in [0.25, 0.3) is 0 Å². The van der Waals surface area contributed by atoms with E-state index in [1.807, 2.05) is 6.92 Å². The van der Waals surface area contributed by atoms with Crippen LogP contribution < -0.4 is 5.32 Å². The number of likely N-dealkylation sites (tertiary alicyclic amines) is 2. The first-order chi connectivity index (χ1) is 12.7. The van der Waals surface area contributed by atoms with Gasteiger partial charge < -0.3 is 15.1 Å². The SMILES string of the molecule is CCNC(=NCc1cc(F)ccc1F)N1CCC(CN2CCCCC2)C1.I. The first-order valence-corrected chi connectivity index (χ1v) is 9.85. The van der Waals surface area contributed by atoms with Crippen molar-refractivity contribution >= 4 is 29.9 Å². The summed E-state index contributed by atoms with van der Waals surface area (Å²) in [4.78, 5) is 9.41. The summed E-state index contributed by atoms with van der Waals surface area (Å²) in [5.41, 5.74) is 0.296. The molecule has 4 nitrogen and oxygen atoms in total. The van der Waals surface area contributed by atoms with Crippen LogP contribution in [0.3, 0.4) is 0 Å². The smallest absolute Gasteiger partial charge is 0.194 e. The molecule has 0 bridgehead atoms. The van der Waals surface area contributed by atoms with Crippen LogP contribution in [0.2, 0.25) is 0 Å². The Morgan fingerprint density at radius 1 is 1.19 bits per heavy atom. The summed E-state index contributed by atoms with van der Waals surface area (Å²) in [7, 11) is 0. The van der Waals surface area contributed by atoms with Crippen LogP contribution in [-0.2, 0) is 6.54 Å². The number of hydrogen-bond acceptors (Lipinski definition) is 2. The molecule has 0 spiro atoms. The molecule has 2 saturated heterocycles. The van der Waals surface area contributed by atoms with Gasteiger partial charge in [0, 0.05) is 31.7 Å². The highest BCUT2D eigenvalue weighted by molar-refractivity contribution is 14.0. The van der Waals surface area contributed by atoms with Gasteiger partial charge in [0.1, 0.15) is 11.6 Å². The van der Waals surface area contributed by atoms with Crippen molar-refractivity contribution in [3.8, 4) is 0 Å². The third-order valence-electron chi connectivity index (χ3n) is 5.29. The lowest BCUT2D eigenvalue weighted by Gasteiger charge is -2.29. The number of nitrogens with zero attached hydrogens (tertiary/aromatic N) is 3. The summed E-state index contributed by atoms with van der Waals surface area (Å²) in [6.45, 7) is 8.50. The molecule has 1 unspecified atom stereocenters. The van der Waals surface area contributed by atoms with Crippen molar-refractivity contribution in [2.75, 3.05) is 39.3 Å². The van der Waals surface area contributed by atoms with Crippen molar-refractivity contribution in [3.05, 3.63) is 35.4 Å². The third kappa shape index (κ3) is 6.55. The monoisotopic (exact) mass is 492 g/mol. The van der Waals surface area contributed by atoms with Gasteiger partial charge >= 0.3 is 0 Å². The van der Waals surface area contributed by atoms with E-state index < -0.39 is 11.6 Å². The molecular formula is C20H31F2IN4. The molecule has 1 aromatic carbocycles. The predicted octanol–water partition coefficient (Wildman–Crippen LogP) is 3.86. The highest BCUT2D eigenvalue weighted by Crippen LogP contribution is 2.20. The van der Waals surface area contributed by atoms with E-state index in [1.165, 1.54) is 38.4 Å². The predicted molar refractivity (Wildman–Crippen MR) is 117 cm³/mol. The van der Waals surface area contributed by atoms with Gasteiger partial charge in [-0.15, -0.1) is 24.0 Å². The minimum atomic E-state index is -0.427. The van der Waals surface area contributed by atoms with Gasteiger partial charge in [0.2, 0.25) is 0 Å². The molecule has 2 aliphatic rings. The Hall–Kier alpha value is -0.960. The number of hydrogen-bond donors (Lipinski definition) is 1. The minimum absolute atomic E-state index is 0. The molecule has 0 radical (unpaired) electrons. The summed E-state index contributed by atoms with van der Waals surface area (Å²) in [5, 5.41) is 3.30. The van der Waals surface area contributed by atoms with Crippen molar-refractivity contribution in [1.29, 1.82) is 0 Å². The highest BCUT2D eigenvalue weighted by atomic mass is 127. The highest BCUT2D eigenvalue weighted by Gasteiger charge is 2.27. The van der Waals surface area contributed by atoms with E-state index in [4.69, 9.17) is 0 Å². The third-order valence-corrected chi connectivity index (χ3v) is 5.29. The minimum Gasteiger partial charge on any atom is -0.357 e. The van der Waals surface area contributed by atoms with Crippen LogP contribution >= 0.6 is 24.0 Å². The van der Waals surface area contributed by atoms with Gasteiger partial charge in [-0.1, -0.05) is 6.42 Å². The average Bonchev–Trinajstić information content (AvgIpc) is 3.10. The van der Waals surface area contributed by atoms with E-state index in [-0.39, 0.29) is 30.5 Å². The first kappa shape index (κ1) is 22.3.